The average molecular weight is 200 g/mol. The minimum Gasteiger partial charge on any atom is -0.465 e. The minimum atomic E-state index is -0.391. The Morgan fingerprint density at radius 1 is 1.67 bits per heavy atom. The molecule has 0 spiro atoms. The molecular formula is C11H8N2O2. The number of hydrogen-bond acceptors (Lipinski definition) is 4. The van der Waals surface area contributed by atoms with E-state index in [1.807, 2.05) is 0 Å². The van der Waals surface area contributed by atoms with Gasteiger partial charge in [-0.2, -0.15) is 5.26 Å². The fraction of sp³-hybridized carbons (Fsp3) is 0.182. The number of aliphatic imine (C=N–C) groups is 1. The number of carbonyl (C=O) groups excluding carboxylic acids is 1. The molecule has 0 aromatic carbocycles. The Kier molecular flexibility index (Phi) is 2.22. The molecule has 0 fully saturated rings. The van der Waals surface area contributed by atoms with E-state index in [-0.39, 0.29) is 5.92 Å². The summed E-state index contributed by atoms with van der Waals surface area (Å²) in [4.78, 5) is 15.3. The molecule has 0 bridgehead atoms. The number of methoxy groups -OCH3 is 1. The van der Waals surface area contributed by atoms with Gasteiger partial charge in [0, 0.05) is 6.20 Å². The van der Waals surface area contributed by atoms with Crippen LogP contribution in [-0.4, -0.2) is 18.8 Å². The fourth-order valence-corrected chi connectivity index (χ4v) is 1.54. The molecule has 0 N–H and O–H groups in total. The third kappa shape index (κ3) is 1.48. The second-order valence-corrected chi connectivity index (χ2v) is 3.18. The van der Waals surface area contributed by atoms with Crippen LogP contribution in [0.4, 0.5) is 0 Å². The monoisotopic (exact) mass is 200 g/mol. The molecule has 0 aromatic rings. The minimum absolute atomic E-state index is 0.0941. The molecule has 2 rings (SSSR count). The van der Waals surface area contributed by atoms with E-state index >= 15 is 0 Å². The first-order chi connectivity index (χ1) is 7.26. The molecular weight excluding hydrogens is 192 g/mol. The number of carbonyl (C=O) groups is 1. The molecule has 0 saturated heterocycles. The SMILES string of the molecule is COC(=O)C1=CC2=NC=C(C#N)[C@@H]2C=C1. The second-order valence-electron chi connectivity index (χ2n) is 3.18. The van der Waals surface area contributed by atoms with Gasteiger partial charge in [-0.3, -0.25) is 4.99 Å². The number of nitriles is 1. The van der Waals surface area contributed by atoms with Crippen molar-refractivity contribution in [3.63, 3.8) is 0 Å². The van der Waals surface area contributed by atoms with Crippen LogP contribution in [0.25, 0.3) is 0 Å². The summed E-state index contributed by atoms with van der Waals surface area (Å²) < 4.78 is 4.60. The number of rotatable bonds is 1. The zero-order valence-electron chi connectivity index (χ0n) is 8.10. The van der Waals surface area contributed by atoms with Gasteiger partial charge in [-0.15, -0.1) is 0 Å². The van der Waals surface area contributed by atoms with Crippen LogP contribution in [0.2, 0.25) is 0 Å². The Hall–Kier alpha value is -2.15. The van der Waals surface area contributed by atoms with Gasteiger partial charge in [-0.1, -0.05) is 12.2 Å². The van der Waals surface area contributed by atoms with Crippen LogP contribution in [-0.2, 0) is 9.53 Å². The van der Waals surface area contributed by atoms with Crippen LogP contribution in [0.1, 0.15) is 0 Å². The highest BCUT2D eigenvalue weighted by Gasteiger charge is 2.25. The van der Waals surface area contributed by atoms with Crippen LogP contribution in [0.5, 0.6) is 0 Å². The molecule has 15 heavy (non-hydrogen) atoms. The number of hydrogen-bond donors (Lipinski definition) is 0. The predicted octanol–water partition coefficient (Wildman–Crippen LogP) is 1.13. The first-order valence-corrected chi connectivity index (χ1v) is 4.42. The molecule has 1 aliphatic carbocycles. The fourth-order valence-electron chi connectivity index (χ4n) is 1.54. The molecule has 0 radical (unpaired) electrons. The van der Waals surface area contributed by atoms with Gasteiger partial charge in [0.05, 0.1) is 36.0 Å². The smallest absolute Gasteiger partial charge is 0.337 e. The molecule has 0 unspecified atom stereocenters. The first-order valence-electron chi connectivity index (χ1n) is 4.42. The predicted molar refractivity (Wildman–Crippen MR) is 53.9 cm³/mol. The first kappa shape index (κ1) is 9.41. The molecule has 4 heteroatoms. The molecule has 4 nitrogen and oxygen atoms in total. The summed E-state index contributed by atoms with van der Waals surface area (Å²) in [5.74, 6) is -0.485. The third-order valence-electron chi connectivity index (χ3n) is 2.33. The Balaban J connectivity index is 2.27. The van der Waals surface area contributed by atoms with E-state index in [2.05, 4.69) is 15.8 Å². The average Bonchev–Trinajstić information content (AvgIpc) is 2.69. The number of esters is 1. The topological polar surface area (TPSA) is 62.4 Å². The van der Waals surface area contributed by atoms with E-state index in [0.29, 0.717) is 11.1 Å². The molecule has 0 aromatic heterocycles. The van der Waals surface area contributed by atoms with Crippen LogP contribution in [0.3, 0.4) is 0 Å². The van der Waals surface area contributed by atoms with Crippen molar-refractivity contribution in [1.82, 2.24) is 0 Å². The van der Waals surface area contributed by atoms with Crippen molar-refractivity contribution in [1.29, 1.82) is 5.26 Å². The summed E-state index contributed by atoms with van der Waals surface area (Å²) >= 11 is 0. The maximum atomic E-state index is 11.2. The number of ether oxygens (including phenoxy) is 1. The van der Waals surface area contributed by atoms with E-state index in [1.54, 1.807) is 18.2 Å². The number of fused-ring (bicyclic) bond motifs is 1. The quantitative estimate of drug-likeness (QED) is 0.596. The summed E-state index contributed by atoms with van der Waals surface area (Å²) in [6.45, 7) is 0. The zero-order valence-corrected chi connectivity index (χ0v) is 8.10. The molecule has 74 valence electrons. The van der Waals surface area contributed by atoms with Crippen molar-refractivity contribution in [3.05, 3.63) is 35.6 Å². The summed E-state index contributed by atoms with van der Waals surface area (Å²) in [5.41, 5.74) is 1.77. The summed E-state index contributed by atoms with van der Waals surface area (Å²) in [7, 11) is 1.33. The Labute approximate surface area is 86.9 Å². The standard InChI is InChI=1S/C11H8N2O2/c1-15-11(14)7-2-3-9-8(5-12)6-13-10(9)4-7/h2-4,6,9H,1H3/t9-/m0/s1. The lowest BCUT2D eigenvalue weighted by Gasteiger charge is -2.12. The van der Waals surface area contributed by atoms with E-state index in [0.717, 1.165) is 5.71 Å². The lowest BCUT2D eigenvalue weighted by atomic mass is 9.91. The van der Waals surface area contributed by atoms with Gasteiger partial charge < -0.3 is 4.74 Å². The summed E-state index contributed by atoms with van der Waals surface area (Å²) in [6.07, 6.45) is 6.62. The van der Waals surface area contributed by atoms with Crippen LogP contribution < -0.4 is 0 Å². The van der Waals surface area contributed by atoms with Gasteiger partial charge in [0.15, 0.2) is 0 Å². The van der Waals surface area contributed by atoms with Gasteiger partial charge in [0.2, 0.25) is 0 Å². The van der Waals surface area contributed by atoms with Gasteiger partial charge in [0.1, 0.15) is 0 Å². The van der Waals surface area contributed by atoms with Crippen LogP contribution >= 0.6 is 0 Å². The van der Waals surface area contributed by atoms with E-state index < -0.39 is 5.97 Å². The van der Waals surface area contributed by atoms with Gasteiger partial charge in [-0.05, 0) is 6.08 Å². The summed E-state index contributed by atoms with van der Waals surface area (Å²) in [5, 5.41) is 8.79. The highest BCUT2D eigenvalue weighted by molar-refractivity contribution is 6.10. The van der Waals surface area contributed by atoms with Crippen LogP contribution in [0, 0.1) is 17.2 Å². The second kappa shape index (κ2) is 3.54. The normalized spacial score (nSPS) is 22.1. The molecule has 0 saturated carbocycles. The van der Waals surface area contributed by atoms with Gasteiger partial charge in [-0.25, -0.2) is 4.79 Å². The van der Waals surface area contributed by atoms with E-state index in [1.165, 1.54) is 13.3 Å². The Bertz CT molecular complexity index is 475. The van der Waals surface area contributed by atoms with Crippen molar-refractivity contribution in [3.8, 4) is 6.07 Å². The maximum Gasteiger partial charge on any atom is 0.337 e. The van der Waals surface area contributed by atoms with Crippen molar-refractivity contribution in [2.45, 2.75) is 0 Å². The van der Waals surface area contributed by atoms with Crippen LogP contribution in [0.15, 0.2) is 40.6 Å². The number of nitrogens with zero attached hydrogens (tertiary/aromatic N) is 2. The highest BCUT2D eigenvalue weighted by Crippen LogP contribution is 2.26. The lowest BCUT2D eigenvalue weighted by Crippen LogP contribution is -2.15. The van der Waals surface area contributed by atoms with Crippen molar-refractivity contribution in [2.24, 2.45) is 10.9 Å². The maximum absolute atomic E-state index is 11.2. The molecule has 2 aliphatic rings. The molecule has 0 amide bonds. The largest absolute Gasteiger partial charge is 0.465 e. The third-order valence-corrected chi connectivity index (χ3v) is 2.33. The lowest BCUT2D eigenvalue weighted by molar-refractivity contribution is -0.135. The Morgan fingerprint density at radius 3 is 3.13 bits per heavy atom. The number of allylic oxidation sites excluding steroid dienone is 3. The molecule has 1 aliphatic heterocycles. The van der Waals surface area contributed by atoms with Crippen molar-refractivity contribution < 1.29 is 9.53 Å². The zero-order chi connectivity index (χ0) is 10.8. The molecule has 1 heterocycles. The van der Waals surface area contributed by atoms with Crippen molar-refractivity contribution >= 4 is 11.7 Å². The van der Waals surface area contributed by atoms with Gasteiger partial charge >= 0.3 is 5.97 Å². The van der Waals surface area contributed by atoms with Gasteiger partial charge in [0.25, 0.3) is 0 Å². The summed E-state index contributed by atoms with van der Waals surface area (Å²) in [6, 6.07) is 2.07. The highest BCUT2D eigenvalue weighted by atomic mass is 16.5. The Morgan fingerprint density at radius 2 is 2.47 bits per heavy atom. The molecule has 1 atom stereocenters. The van der Waals surface area contributed by atoms with E-state index in [4.69, 9.17) is 5.26 Å². The van der Waals surface area contributed by atoms with E-state index in [9.17, 15) is 4.79 Å². The van der Waals surface area contributed by atoms with Crippen molar-refractivity contribution in [2.75, 3.05) is 7.11 Å².